The van der Waals surface area contributed by atoms with E-state index < -0.39 is 0 Å². The number of benzene rings is 1. The van der Waals surface area contributed by atoms with Gasteiger partial charge in [0.05, 0.1) is 12.2 Å². The number of hydrogen-bond donors (Lipinski definition) is 1. The van der Waals surface area contributed by atoms with Gasteiger partial charge in [0, 0.05) is 6.04 Å². The third kappa shape index (κ3) is 2.09. The minimum atomic E-state index is -0.224. The Hall–Kier alpha value is -1.35. The summed E-state index contributed by atoms with van der Waals surface area (Å²) in [6, 6.07) is 7.95. The molecule has 0 aliphatic heterocycles. The standard InChI is InChI=1S/C13H17NO2/c1-2-16-13(15)12-6-4-3-5-11(12)9-7-10(14)8-9/h3-6,9-10H,2,7-8,14H2,1H3. The highest BCUT2D eigenvalue weighted by Gasteiger charge is 2.30. The second kappa shape index (κ2) is 4.66. The first-order valence-corrected chi connectivity index (χ1v) is 5.74. The average molecular weight is 219 g/mol. The first-order chi connectivity index (χ1) is 7.72. The molecule has 0 radical (unpaired) electrons. The number of hydrogen-bond acceptors (Lipinski definition) is 3. The molecule has 0 unspecified atom stereocenters. The molecule has 0 aromatic heterocycles. The second-order valence-electron chi connectivity index (χ2n) is 4.24. The summed E-state index contributed by atoms with van der Waals surface area (Å²) in [7, 11) is 0. The van der Waals surface area contributed by atoms with E-state index in [1.807, 2.05) is 31.2 Å². The zero-order chi connectivity index (χ0) is 11.5. The molecule has 3 heteroatoms. The van der Waals surface area contributed by atoms with Gasteiger partial charge in [0.15, 0.2) is 0 Å². The van der Waals surface area contributed by atoms with E-state index in [1.54, 1.807) is 0 Å². The van der Waals surface area contributed by atoms with Gasteiger partial charge in [-0.15, -0.1) is 0 Å². The molecule has 86 valence electrons. The molecule has 1 saturated carbocycles. The summed E-state index contributed by atoms with van der Waals surface area (Å²) in [4.78, 5) is 11.7. The number of nitrogens with two attached hydrogens (primary N) is 1. The lowest BCUT2D eigenvalue weighted by Crippen LogP contribution is -2.35. The molecule has 3 nitrogen and oxygen atoms in total. The Labute approximate surface area is 95.6 Å². The summed E-state index contributed by atoms with van der Waals surface area (Å²) in [5, 5.41) is 0. The first-order valence-electron chi connectivity index (χ1n) is 5.74. The maximum absolute atomic E-state index is 11.7. The van der Waals surface area contributed by atoms with Crippen LogP contribution in [0, 0.1) is 0 Å². The number of ether oxygens (including phenoxy) is 1. The van der Waals surface area contributed by atoms with Crippen molar-refractivity contribution in [2.45, 2.75) is 31.7 Å². The molecule has 1 fully saturated rings. The van der Waals surface area contributed by atoms with Crippen molar-refractivity contribution in [3.05, 3.63) is 35.4 Å². The molecule has 2 rings (SSSR count). The smallest absolute Gasteiger partial charge is 0.338 e. The molecule has 16 heavy (non-hydrogen) atoms. The van der Waals surface area contributed by atoms with E-state index in [1.165, 1.54) is 0 Å². The molecule has 2 N–H and O–H groups in total. The van der Waals surface area contributed by atoms with Crippen LogP contribution in [0.1, 0.15) is 41.6 Å². The van der Waals surface area contributed by atoms with Crippen molar-refractivity contribution >= 4 is 5.97 Å². The monoisotopic (exact) mass is 219 g/mol. The molecule has 0 bridgehead atoms. The van der Waals surface area contributed by atoms with Crippen LogP contribution in [0.3, 0.4) is 0 Å². The van der Waals surface area contributed by atoms with Gasteiger partial charge in [-0.05, 0) is 37.3 Å². The molecule has 1 aromatic rings. The second-order valence-corrected chi connectivity index (χ2v) is 4.24. The molecular weight excluding hydrogens is 202 g/mol. The molecule has 0 heterocycles. The highest BCUT2D eigenvalue weighted by molar-refractivity contribution is 5.91. The summed E-state index contributed by atoms with van der Waals surface area (Å²) in [5.74, 6) is 0.203. The van der Waals surface area contributed by atoms with Crippen LogP contribution in [0.5, 0.6) is 0 Å². The van der Waals surface area contributed by atoms with Gasteiger partial charge in [0.1, 0.15) is 0 Å². The summed E-state index contributed by atoms with van der Waals surface area (Å²) in [6.07, 6.45) is 1.94. The predicted octanol–water partition coefficient (Wildman–Crippen LogP) is 2.07. The minimum absolute atomic E-state index is 0.224. The molecule has 1 aromatic carbocycles. The van der Waals surface area contributed by atoms with Crippen molar-refractivity contribution in [1.82, 2.24) is 0 Å². The van der Waals surface area contributed by atoms with Crippen LogP contribution in [-0.4, -0.2) is 18.6 Å². The van der Waals surface area contributed by atoms with Crippen LogP contribution in [0.4, 0.5) is 0 Å². The Morgan fingerprint density at radius 2 is 2.12 bits per heavy atom. The van der Waals surface area contributed by atoms with Gasteiger partial charge < -0.3 is 10.5 Å². The van der Waals surface area contributed by atoms with E-state index in [9.17, 15) is 4.79 Å². The van der Waals surface area contributed by atoms with Gasteiger partial charge in [-0.3, -0.25) is 0 Å². The molecule has 1 aliphatic rings. The van der Waals surface area contributed by atoms with Crippen LogP contribution in [0.2, 0.25) is 0 Å². The zero-order valence-electron chi connectivity index (χ0n) is 9.48. The molecule has 1 aliphatic carbocycles. The lowest BCUT2D eigenvalue weighted by molar-refractivity contribution is 0.0523. The van der Waals surface area contributed by atoms with Crippen LogP contribution >= 0.6 is 0 Å². The lowest BCUT2D eigenvalue weighted by atomic mass is 9.75. The van der Waals surface area contributed by atoms with Crippen molar-refractivity contribution in [2.24, 2.45) is 5.73 Å². The predicted molar refractivity (Wildman–Crippen MR) is 62.3 cm³/mol. The molecular formula is C13H17NO2. The highest BCUT2D eigenvalue weighted by Crippen LogP contribution is 2.37. The Morgan fingerprint density at radius 3 is 2.75 bits per heavy atom. The number of carbonyl (C=O) groups excluding carboxylic acids is 1. The molecule has 0 amide bonds. The van der Waals surface area contributed by atoms with Crippen molar-refractivity contribution in [3.63, 3.8) is 0 Å². The fourth-order valence-corrected chi connectivity index (χ4v) is 2.16. The topological polar surface area (TPSA) is 52.3 Å². The summed E-state index contributed by atoms with van der Waals surface area (Å²) >= 11 is 0. The Balaban J connectivity index is 2.20. The van der Waals surface area contributed by atoms with Crippen molar-refractivity contribution in [3.8, 4) is 0 Å². The summed E-state index contributed by atoms with van der Waals surface area (Å²) in [6.45, 7) is 2.23. The van der Waals surface area contributed by atoms with Crippen molar-refractivity contribution in [1.29, 1.82) is 0 Å². The van der Waals surface area contributed by atoms with Gasteiger partial charge in [0.25, 0.3) is 0 Å². The van der Waals surface area contributed by atoms with E-state index in [-0.39, 0.29) is 5.97 Å². The summed E-state index contributed by atoms with van der Waals surface area (Å²) < 4.78 is 5.04. The third-order valence-electron chi connectivity index (χ3n) is 3.07. The Morgan fingerprint density at radius 1 is 1.44 bits per heavy atom. The number of esters is 1. The van der Waals surface area contributed by atoms with E-state index in [2.05, 4.69) is 0 Å². The van der Waals surface area contributed by atoms with Gasteiger partial charge in [-0.1, -0.05) is 18.2 Å². The van der Waals surface area contributed by atoms with Gasteiger partial charge in [0.2, 0.25) is 0 Å². The van der Waals surface area contributed by atoms with E-state index in [0.29, 0.717) is 24.1 Å². The van der Waals surface area contributed by atoms with Crippen LogP contribution in [0.15, 0.2) is 24.3 Å². The average Bonchev–Trinajstić information content (AvgIpc) is 2.25. The number of rotatable bonds is 3. The SMILES string of the molecule is CCOC(=O)c1ccccc1C1CC(N)C1. The van der Waals surface area contributed by atoms with E-state index in [4.69, 9.17) is 10.5 Å². The molecule has 0 saturated heterocycles. The van der Waals surface area contributed by atoms with Crippen LogP contribution < -0.4 is 5.73 Å². The fourth-order valence-electron chi connectivity index (χ4n) is 2.16. The first kappa shape index (κ1) is 11.1. The van der Waals surface area contributed by atoms with E-state index >= 15 is 0 Å². The highest BCUT2D eigenvalue weighted by atomic mass is 16.5. The molecule has 0 spiro atoms. The van der Waals surface area contributed by atoms with Crippen molar-refractivity contribution in [2.75, 3.05) is 6.61 Å². The number of carbonyl (C=O) groups is 1. The maximum atomic E-state index is 11.7. The fraction of sp³-hybridized carbons (Fsp3) is 0.462. The largest absolute Gasteiger partial charge is 0.462 e. The summed E-state index contributed by atoms with van der Waals surface area (Å²) in [5.41, 5.74) is 7.56. The van der Waals surface area contributed by atoms with Gasteiger partial charge in [-0.2, -0.15) is 0 Å². The third-order valence-corrected chi connectivity index (χ3v) is 3.07. The van der Waals surface area contributed by atoms with Crippen LogP contribution in [-0.2, 0) is 4.74 Å². The van der Waals surface area contributed by atoms with E-state index in [0.717, 1.165) is 18.4 Å². The Kier molecular flexibility index (Phi) is 3.25. The zero-order valence-corrected chi connectivity index (χ0v) is 9.48. The normalized spacial score (nSPS) is 23.6. The minimum Gasteiger partial charge on any atom is -0.462 e. The molecule has 0 atom stereocenters. The Bertz CT molecular complexity index is 383. The van der Waals surface area contributed by atoms with Crippen LogP contribution in [0.25, 0.3) is 0 Å². The van der Waals surface area contributed by atoms with Gasteiger partial charge >= 0.3 is 5.97 Å². The lowest BCUT2D eigenvalue weighted by Gasteiger charge is -2.33. The van der Waals surface area contributed by atoms with Crippen molar-refractivity contribution < 1.29 is 9.53 Å². The quantitative estimate of drug-likeness (QED) is 0.792. The maximum Gasteiger partial charge on any atom is 0.338 e. The van der Waals surface area contributed by atoms with Gasteiger partial charge in [-0.25, -0.2) is 4.79 Å².